The highest BCUT2D eigenvalue weighted by molar-refractivity contribution is 8.00. The van der Waals surface area contributed by atoms with E-state index in [0.717, 1.165) is 11.1 Å². The van der Waals surface area contributed by atoms with Gasteiger partial charge in [0.15, 0.2) is 5.78 Å². The molecular formula is C27H20OSSi2. The standard InChI is InChI=1S/C27H20OSSi2/c1-30-23-9-5-3-7-19(23)27(28)20-13-11-17(15-25(20)30)18-12-14-22-26(16-18)31(2)24-10-6-4-8-21(24)29-22/h3-16H,1-2H3. The van der Waals surface area contributed by atoms with E-state index in [-0.39, 0.29) is 5.78 Å². The zero-order valence-electron chi connectivity index (χ0n) is 17.4. The second kappa shape index (κ2) is 7.19. The van der Waals surface area contributed by atoms with Gasteiger partial charge >= 0.3 is 0 Å². The van der Waals surface area contributed by atoms with E-state index in [1.807, 2.05) is 23.9 Å². The molecule has 2 aliphatic heterocycles. The van der Waals surface area contributed by atoms with Gasteiger partial charge in [-0.1, -0.05) is 97.7 Å². The van der Waals surface area contributed by atoms with Crippen LogP contribution in [0.2, 0.25) is 13.1 Å². The SMILES string of the molecule is C[Si]1c2ccccc2Sc2ccc(-c3ccc4c(c3)[Si](C)c3ccccc3C4=O)cc21. The van der Waals surface area contributed by atoms with Gasteiger partial charge < -0.3 is 0 Å². The van der Waals surface area contributed by atoms with Crippen molar-refractivity contribution in [3.8, 4) is 11.1 Å². The van der Waals surface area contributed by atoms with Gasteiger partial charge in [-0.3, -0.25) is 4.79 Å². The number of benzene rings is 4. The van der Waals surface area contributed by atoms with Gasteiger partial charge in [-0.05, 0) is 44.0 Å². The van der Waals surface area contributed by atoms with Crippen LogP contribution in [-0.2, 0) is 0 Å². The van der Waals surface area contributed by atoms with E-state index >= 15 is 0 Å². The Morgan fingerprint density at radius 1 is 0.581 bits per heavy atom. The van der Waals surface area contributed by atoms with Crippen LogP contribution in [0.4, 0.5) is 0 Å². The van der Waals surface area contributed by atoms with E-state index in [4.69, 9.17) is 0 Å². The highest BCUT2D eigenvalue weighted by Gasteiger charge is 2.30. The summed E-state index contributed by atoms with van der Waals surface area (Å²) in [5.41, 5.74) is 4.26. The van der Waals surface area contributed by atoms with Crippen molar-refractivity contribution in [3.63, 3.8) is 0 Å². The largest absolute Gasteiger partial charge is 0.289 e. The molecule has 0 atom stereocenters. The fourth-order valence-electron chi connectivity index (χ4n) is 4.75. The predicted molar refractivity (Wildman–Crippen MR) is 134 cm³/mol. The molecule has 4 aromatic carbocycles. The second-order valence-electron chi connectivity index (χ2n) is 8.19. The molecule has 2 heterocycles. The molecule has 0 saturated carbocycles. The zero-order chi connectivity index (χ0) is 21.1. The number of carbonyl (C=O) groups is 1. The fourth-order valence-corrected chi connectivity index (χ4v) is 11.0. The molecule has 4 aromatic rings. The Morgan fingerprint density at radius 3 is 2.00 bits per heavy atom. The highest BCUT2D eigenvalue weighted by Crippen LogP contribution is 2.32. The molecule has 4 heteroatoms. The van der Waals surface area contributed by atoms with Crippen LogP contribution in [0.5, 0.6) is 0 Å². The third-order valence-electron chi connectivity index (χ3n) is 6.47. The Bertz CT molecular complexity index is 1380. The van der Waals surface area contributed by atoms with E-state index in [1.54, 1.807) is 0 Å². The maximum absolute atomic E-state index is 13.1. The Balaban J connectivity index is 1.43. The Morgan fingerprint density at radius 2 is 1.16 bits per heavy atom. The number of hydrogen-bond acceptors (Lipinski definition) is 2. The van der Waals surface area contributed by atoms with E-state index < -0.39 is 17.6 Å². The summed E-state index contributed by atoms with van der Waals surface area (Å²) >= 11 is 1.89. The molecule has 2 aliphatic rings. The number of carbonyl (C=O) groups excluding carboxylic acids is 1. The van der Waals surface area contributed by atoms with E-state index in [0.29, 0.717) is 0 Å². The molecule has 2 radical (unpaired) electrons. The zero-order valence-corrected chi connectivity index (χ0v) is 20.2. The Kier molecular flexibility index (Phi) is 4.42. The molecule has 0 fully saturated rings. The Labute approximate surface area is 190 Å². The molecule has 0 spiro atoms. The maximum Gasteiger partial charge on any atom is 0.192 e. The Hall–Kier alpha value is -2.67. The molecule has 0 amide bonds. The molecule has 0 saturated heterocycles. The summed E-state index contributed by atoms with van der Waals surface area (Å²) in [6.07, 6.45) is 0. The average Bonchev–Trinajstić information content (AvgIpc) is 2.82. The average molecular weight is 449 g/mol. The van der Waals surface area contributed by atoms with Crippen molar-refractivity contribution in [2.45, 2.75) is 22.9 Å². The van der Waals surface area contributed by atoms with E-state index in [9.17, 15) is 4.79 Å². The smallest absolute Gasteiger partial charge is 0.192 e. The van der Waals surface area contributed by atoms with Gasteiger partial charge in [-0.15, -0.1) is 0 Å². The molecule has 0 aliphatic carbocycles. The van der Waals surface area contributed by atoms with Crippen LogP contribution < -0.4 is 20.7 Å². The van der Waals surface area contributed by atoms with Crippen molar-refractivity contribution in [2.24, 2.45) is 0 Å². The highest BCUT2D eigenvalue weighted by atomic mass is 32.2. The summed E-state index contributed by atoms with van der Waals surface area (Å²) in [6, 6.07) is 30.4. The monoisotopic (exact) mass is 448 g/mol. The van der Waals surface area contributed by atoms with Gasteiger partial charge in [0.25, 0.3) is 0 Å². The van der Waals surface area contributed by atoms with Gasteiger partial charge in [0.2, 0.25) is 0 Å². The summed E-state index contributed by atoms with van der Waals surface area (Å²) in [5.74, 6) is 0.172. The van der Waals surface area contributed by atoms with Gasteiger partial charge in [0, 0.05) is 20.9 Å². The quantitative estimate of drug-likeness (QED) is 0.412. The van der Waals surface area contributed by atoms with Crippen LogP contribution in [0.25, 0.3) is 11.1 Å². The molecule has 148 valence electrons. The number of ketones is 1. The molecule has 0 N–H and O–H groups in total. The summed E-state index contributed by atoms with van der Waals surface area (Å²) in [7, 11) is -1.73. The minimum Gasteiger partial charge on any atom is -0.289 e. The van der Waals surface area contributed by atoms with Crippen LogP contribution in [0.15, 0.2) is 94.7 Å². The minimum atomic E-state index is -0.954. The third kappa shape index (κ3) is 2.93. The molecule has 0 unspecified atom stereocenters. The first-order valence-corrected chi connectivity index (χ1v) is 15.3. The van der Waals surface area contributed by atoms with E-state index in [2.05, 4.69) is 85.9 Å². The molecule has 0 aromatic heterocycles. The maximum atomic E-state index is 13.1. The van der Waals surface area contributed by atoms with Crippen LogP contribution in [-0.4, -0.2) is 23.4 Å². The van der Waals surface area contributed by atoms with Crippen molar-refractivity contribution in [1.82, 2.24) is 0 Å². The summed E-state index contributed by atoms with van der Waals surface area (Å²) in [4.78, 5) is 15.9. The lowest BCUT2D eigenvalue weighted by molar-refractivity contribution is 0.104. The third-order valence-corrected chi connectivity index (χ3v) is 12.9. The van der Waals surface area contributed by atoms with Gasteiger partial charge in [-0.2, -0.15) is 0 Å². The first-order chi connectivity index (χ1) is 15.1. The summed E-state index contributed by atoms with van der Waals surface area (Å²) < 4.78 is 0. The molecule has 6 rings (SSSR count). The van der Waals surface area contributed by atoms with Gasteiger partial charge in [0.1, 0.15) is 17.6 Å². The van der Waals surface area contributed by atoms with Crippen molar-refractivity contribution in [1.29, 1.82) is 0 Å². The van der Waals surface area contributed by atoms with Crippen molar-refractivity contribution in [3.05, 3.63) is 96.1 Å². The van der Waals surface area contributed by atoms with Crippen LogP contribution in [0.3, 0.4) is 0 Å². The second-order valence-corrected chi connectivity index (χ2v) is 13.9. The predicted octanol–water partition coefficient (Wildman–Crippen LogP) is 3.84. The minimum absolute atomic E-state index is 0.172. The van der Waals surface area contributed by atoms with Gasteiger partial charge in [-0.25, -0.2) is 0 Å². The summed E-state index contributed by atoms with van der Waals surface area (Å²) in [5, 5.41) is 5.48. The van der Waals surface area contributed by atoms with Crippen LogP contribution in [0.1, 0.15) is 15.9 Å². The first kappa shape index (κ1) is 19.1. The molecular weight excluding hydrogens is 429 g/mol. The number of fused-ring (bicyclic) bond motifs is 4. The van der Waals surface area contributed by atoms with Crippen LogP contribution >= 0.6 is 11.8 Å². The molecule has 0 bridgehead atoms. The number of rotatable bonds is 1. The van der Waals surface area contributed by atoms with Gasteiger partial charge in [0.05, 0.1) is 0 Å². The molecule has 31 heavy (non-hydrogen) atoms. The lowest BCUT2D eigenvalue weighted by Crippen LogP contribution is -2.49. The van der Waals surface area contributed by atoms with E-state index in [1.165, 1.54) is 41.7 Å². The van der Waals surface area contributed by atoms with Crippen LogP contribution in [0, 0.1) is 0 Å². The lowest BCUT2D eigenvalue weighted by atomic mass is 9.98. The lowest BCUT2D eigenvalue weighted by Gasteiger charge is -2.26. The van der Waals surface area contributed by atoms with Crippen molar-refractivity contribution in [2.75, 3.05) is 0 Å². The first-order valence-electron chi connectivity index (χ1n) is 10.5. The van der Waals surface area contributed by atoms with Crippen molar-refractivity contribution >= 4 is 55.9 Å². The summed E-state index contributed by atoms with van der Waals surface area (Å²) in [6.45, 7) is 4.72. The normalized spacial score (nSPS) is 15.1. The fraction of sp³-hybridized carbons (Fsp3) is 0.0741. The topological polar surface area (TPSA) is 17.1 Å². The van der Waals surface area contributed by atoms with Crippen molar-refractivity contribution < 1.29 is 4.79 Å². The molecule has 1 nitrogen and oxygen atoms in total. The number of hydrogen-bond donors (Lipinski definition) is 0.